The van der Waals surface area contributed by atoms with E-state index in [4.69, 9.17) is 10.6 Å². The summed E-state index contributed by atoms with van der Waals surface area (Å²) in [4.78, 5) is 14.5. The first-order chi connectivity index (χ1) is 9.56. The Morgan fingerprint density at radius 1 is 1.20 bits per heavy atom. The number of hydrazine groups is 1. The SMILES string of the molecule is COc1nc(NN)nc(NCCCCN(C)C(C)C)n1. The topological polar surface area (TPSA) is 101 Å². The molecule has 0 saturated carbocycles. The van der Waals surface area contributed by atoms with Crippen molar-refractivity contribution in [3.63, 3.8) is 0 Å². The van der Waals surface area contributed by atoms with Gasteiger partial charge in [0.05, 0.1) is 7.11 Å². The molecule has 114 valence electrons. The number of unbranched alkanes of at least 4 members (excludes halogenated alkanes) is 1. The Hall–Kier alpha value is -1.67. The van der Waals surface area contributed by atoms with Crippen LogP contribution in [0.5, 0.6) is 6.01 Å². The number of anilines is 2. The van der Waals surface area contributed by atoms with Crippen molar-refractivity contribution in [3.8, 4) is 6.01 Å². The summed E-state index contributed by atoms with van der Waals surface area (Å²) in [7, 11) is 3.63. The molecule has 4 N–H and O–H groups in total. The van der Waals surface area contributed by atoms with Gasteiger partial charge in [0.15, 0.2) is 0 Å². The number of hydrogen-bond donors (Lipinski definition) is 3. The highest BCUT2D eigenvalue weighted by molar-refractivity contribution is 5.34. The van der Waals surface area contributed by atoms with Crippen molar-refractivity contribution in [2.75, 3.05) is 38.0 Å². The summed E-state index contributed by atoms with van der Waals surface area (Å²) in [5.41, 5.74) is 2.38. The number of nitrogens with two attached hydrogens (primary N) is 1. The van der Waals surface area contributed by atoms with E-state index in [0.717, 1.165) is 25.9 Å². The molecule has 0 saturated heterocycles. The molecule has 1 rings (SSSR count). The monoisotopic (exact) mass is 283 g/mol. The second-order valence-corrected chi connectivity index (χ2v) is 4.82. The number of aromatic nitrogens is 3. The molecule has 0 spiro atoms. The van der Waals surface area contributed by atoms with Crippen LogP contribution in [0.2, 0.25) is 0 Å². The summed E-state index contributed by atoms with van der Waals surface area (Å²) >= 11 is 0. The smallest absolute Gasteiger partial charge is 0.322 e. The van der Waals surface area contributed by atoms with Gasteiger partial charge in [0.1, 0.15) is 0 Å². The Bertz CT molecular complexity index is 377. The Kier molecular flexibility index (Phi) is 6.96. The number of nitrogens with zero attached hydrogens (tertiary/aromatic N) is 4. The molecule has 0 fully saturated rings. The Balaban J connectivity index is 2.34. The minimum Gasteiger partial charge on any atom is -0.467 e. The predicted octanol–water partition coefficient (Wildman–Crippen LogP) is 0.698. The van der Waals surface area contributed by atoms with Gasteiger partial charge in [0, 0.05) is 12.6 Å². The molecule has 0 aliphatic heterocycles. The highest BCUT2D eigenvalue weighted by Crippen LogP contribution is 2.09. The maximum atomic E-state index is 5.29. The lowest BCUT2D eigenvalue weighted by molar-refractivity contribution is 0.269. The number of nitrogen functional groups attached to an aromatic ring is 1. The quantitative estimate of drug-likeness (QED) is 0.346. The Labute approximate surface area is 120 Å². The zero-order valence-corrected chi connectivity index (χ0v) is 12.7. The van der Waals surface area contributed by atoms with Crippen molar-refractivity contribution in [2.24, 2.45) is 5.84 Å². The largest absolute Gasteiger partial charge is 0.467 e. The van der Waals surface area contributed by atoms with Gasteiger partial charge in [-0.2, -0.15) is 15.0 Å². The fraction of sp³-hybridized carbons (Fsp3) is 0.750. The average Bonchev–Trinajstić information content (AvgIpc) is 2.46. The first kappa shape index (κ1) is 16.4. The van der Waals surface area contributed by atoms with E-state index in [0.29, 0.717) is 12.0 Å². The van der Waals surface area contributed by atoms with Crippen LogP contribution < -0.4 is 21.3 Å². The van der Waals surface area contributed by atoms with Crippen molar-refractivity contribution in [2.45, 2.75) is 32.7 Å². The molecule has 0 bridgehead atoms. The maximum Gasteiger partial charge on any atom is 0.322 e. The lowest BCUT2D eigenvalue weighted by Crippen LogP contribution is -2.27. The van der Waals surface area contributed by atoms with Crippen LogP contribution in [0, 0.1) is 0 Å². The van der Waals surface area contributed by atoms with E-state index in [1.807, 2.05) is 0 Å². The zero-order chi connectivity index (χ0) is 15.0. The van der Waals surface area contributed by atoms with Crippen LogP contribution >= 0.6 is 0 Å². The van der Waals surface area contributed by atoms with Crippen molar-refractivity contribution in [1.82, 2.24) is 19.9 Å². The Morgan fingerprint density at radius 3 is 2.50 bits per heavy atom. The molecule has 8 heteroatoms. The number of nitrogens with one attached hydrogen (secondary N) is 2. The van der Waals surface area contributed by atoms with Crippen LogP contribution in [-0.4, -0.2) is 53.1 Å². The molecule has 0 atom stereocenters. The summed E-state index contributed by atoms with van der Waals surface area (Å²) < 4.78 is 4.98. The van der Waals surface area contributed by atoms with E-state index in [1.54, 1.807) is 0 Å². The lowest BCUT2D eigenvalue weighted by atomic mass is 10.2. The summed E-state index contributed by atoms with van der Waals surface area (Å²) in [6, 6.07) is 0.809. The van der Waals surface area contributed by atoms with Gasteiger partial charge < -0.3 is 15.0 Å². The maximum absolute atomic E-state index is 5.29. The van der Waals surface area contributed by atoms with E-state index >= 15 is 0 Å². The fourth-order valence-electron chi connectivity index (χ4n) is 1.54. The second-order valence-electron chi connectivity index (χ2n) is 4.82. The van der Waals surface area contributed by atoms with Gasteiger partial charge in [-0.25, -0.2) is 5.84 Å². The second kappa shape index (κ2) is 8.49. The van der Waals surface area contributed by atoms with Crippen LogP contribution in [0.15, 0.2) is 0 Å². The number of methoxy groups -OCH3 is 1. The Morgan fingerprint density at radius 2 is 1.90 bits per heavy atom. The van der Waals surface area contributed by atoms with Crippen molar-refractivity contribution in [1.29, 1.82) is 0 Å². The van der Waals surface area contributed by atoms with Crippen LogP contribution in [0.4, 0.5) is 11.9 Å². The van der Waals surface area contributed by atoms with Crippen LogP contribution in [0.25, 0.3) is 0 Å². The molecule has 1 aromatic rings. The average molecular weight is 283 g/mol. The molecule has 0 unspecified atom stereocenters. The number of rotatable bonds is 9. The van der Waals surface area contributed by atoms with Crippen molar-refractivity contribution < 1.29 is 4.74 Å². The van der Waals surface area contributed by atoms with Crippen molar-refractivity contribution >= 4 is 11.9 Å². The van der Waals surface area contributed by atoms with E-state index in [2.05, 4.69) is 51.5 Å². The third kappa shape index (κ3) is 5.54. The molecule has 0 aliphatic rings. The van der Waals surface area contributed by atoms with Gasteiger partial charge in [-0.3, -0.25) is 5.43 Å². The van der Waals surface area contributed by atoms with E-state index in [9.17, 15) is 0 Å². The first-order valence-electron chi connectivity index (χ1n) is 6.77. The van der Waals surface area contributed by atoms with E-state index in [1.165, 1.54) is 7.11 Å². The normalized spacial score (nSPS) is 10.9. The lowest BCUT2D eigenvalue weighted by Gasteiger charge is -2.20. The summed E-state index contributed by atoms with van der Waals surface area (Å²) in [6.45, 7) is 6.26. The fourth-order valence-corrected chi connectivity index (χ4v) is 1.54. The highest BCUT2D eigenvalue weighted by Gasteiger charge is 2.05. The summed E-state index contributed by atoms with van der Waals surface area (Å²) in [5, 5.41) is 3.14. The molecule has 0 aliphatic carbocycles. The minimum atomic E-state index is 0.231. The highest BCUT2D eigenvalue weighted by atomic mass is 16.5. The molecule has 1 heterocycles. The molecular formula is C12H25N7O. The van der Waals surface area contributed by atoms with Gasteiger partial charge in [0.25, 0.3) is 0 Å². The van der Waals surface area contributed by atoms with Gasteiger partial charge in [-0.15, -0.1) is 0 Å². The van der Waals surface area contributed by atoms with Crippen LogP contribution in [0.1, 0.15) is 26.7 Å². The summed E-state index contributed by atoms with van der Waals surface area (Å²) in [5.74, 6) is 6.03. The molecule has 1 aromatic heterocycles. The van der Waals surface area contributed by atoms with Crippen LogP contribution in [-0.2, 0) is 0 Å². The standard InChI is InChI=1S/C12H25N7O/c1-9(2)19(3)8-6-5-7-14-10-15-11(18-13)17-12(16-10)20-4/h9H,5-8,13H2,1-4H3,(H2,14,15,16,17,18). The third-order valence-corrected chi connectivity index (χ3v) is 3.03. The molecule has 8 nitrogen and oxygen atoms in total. The molecule has 0 radical (unpaired) electrons. The first-order valence-corrected chi connectivity index (χ1v) is 6.77. The van der Waals surface area contributed by atoms with Gasteiger partial charge >= 0.3 is 6.01 Å². The minimum absolute atomic E-state index is 0.231. The predicted molar refractivity (Wildman–Crippen MR) is 79.7 cm³/mol. The molecule has 0 aromatic carbocycles. The molecule has 20 heavy (non-hydrogen) atoms. The number of ether oxygens (including phenoxy) is 1. The van der Waals surface area contributed by atoms with Gasteiger partial charge in [0.2, 0.25) is 11.9 Å². The van der Waals surface area contributed by atoms with Gasteiger partial charge in [-0.05, 0) is 40.3 Å². The van der Waals surface area contributed by atoms with Crippen molar-refractivity contribution in [3.05, 3.63) is 0 Å². The molecular weight excluding hydrogens is 258 g/mol. The zero-order valence-electron chi connectivity index (χ0n) is 12.7. The van der Waals surface area contributed by atoms with Gasteiger partial charge in [-0.1, -0.05) is 0 Å². The molecule has 0 amide bonds. The van der Waals surface area contributed by atoms with E-state index in [-0.39, 0.29) is 12.0 Å². The third-order valence-electron chi connectivity index (χ3n) is 3.03. The van der Waals surface area contributed by atoms with E-state index < -0.39 is 0 Å². The summed E-state index contributed by atoms with van der Waals surface area (Å²) in [6.07, 6.45) is 2.16. The van der Waals surface area contributed by atoms with Crippen LogP contribution in [0.3, 0.4) is 0 Å². The number of hydrogen-bond acceptors (Lipinski definition) is 8.